The van der Waals surface area contributed by atoms with Crippen molar-refractivity contribution >= 4 is 5.97 Å². The summed E-state index contributed by atoms with van der Waals surface area (Å²) >= 11 is 0. The van der Waals surface area contributed by atoms with Crippen molar-refractivity contribution in [2.75, 3.05) is 19.7 Å². The number of carboxylic acids is 1. The van der Waals surface area contributed by atoms with Crippen LogP contribution in [0.25, 0.3) is 0 Å². The van der Waals surface area contributed by atoms with E-state index >= 15 is 0 Å². The number of carboxylic acid groups (broad SMARTS) is 1. The summed E-state index contributed by atoms with van der Waals surface area (Å²) in [5.41, 5.74) is -0.673. The van der Waals surface area contributed by atoms with Crippen molar-refractivity contribution < 1.29 is 14.6 Å². The van der Waals surface area contributed by atoms with E-state index in [4.69, 9.17) is 4.74 Å². The highest BCUT2D eigenvalue weighted by molar-refractivity contribution is 5.79. The molecule has 104 valence electrons. The molecular weight excluding hydrogens is 230 g/mol. The SMILES string of the molecule is CC(C)C1CC(C(=O)O)(N2CCCCC2)CCO1. The molecule has 2 aliphatic heterocycles. The summed E-state index contributed by atoms with van der Waals surface area (Å²) in [5.74, 6) is -0.271. The van der Waals surface area contributed by atoms with Gasteiger partial charge in [-0.25, -0.2) is 0 Å². The summed E-state index contributed by atoms with van der Waals surface area (Å²) < 4.78 is 5.75. The van der Waals surface area contributed by atoms with E-state index in [-0.39, 0.29) is 6.10 Å². The van der Waals surface area contributed by atoms with Crippen molar-refractivity contribution in [2.24, 2.45) is 5.92 Å². The van der Waals surface area contributed by atoms with Crippen LogP contribution in [0.1, 0.15) is 46.0 Å². The molecule has 0 bridgehead atoms. The second-order valence-corrected chi connectivity index (χ2v) is 5.99. The maximum atomic E-state index is 11.8. The highest BCUT2D eigenvalue weighted by atomic mass is 16.5. The fourth-order valence-electron chi connectivity index (χ4n) is 3.24. The highest BCUT2D eigenvalue weighted by Crippen LogP contribution is 2.35. The zero-order valence-corrected chi connectivity index (χ0v) is 11.5. The van der Waals surface area contributed by atoms with E-state index < -0.39 is 11.5 Å². The third-order valence-corrected chi connectivity index (χ3v) is 4.49. The van der Waals surface area contributed by atoms with E-state index in [1.54, 1.807) is 0 Å². The van der Waals surface area contributed by atoms with Gasteiger partial charge in [0.25, 0.3) is 0 Å². The molecule has 0 aromatic rings. The highest BCUT2D eigenvalue weighted by Gasteiger charge is 2.48. The molecular formula is C14H25NO3. The first-order valence-corrected chi connectivity index (χ1v) is 7.16. The number of nitrogens with zero attached hydrogens (tertiary/aromatic N) is 1. The van der Waals surface area contributed by atoms with Gasteiger partial charge in [0, 0.05) is 13.0 Å². The second-order valence-electron chi connectivity index (χ2n) is 5.99. The van der Waals surface area contributed by atoms with Gasteiger partial charge in [-0.05, 0) is 38.3 Å². The maximum Gasteiger partial charge on any atom is 0.324 e. The Morgan fingerprint density at radius 3 is 2.56 bits per heavy atom. The third kappa shape index (κ3) is 2.54. The van der Waals surface area contributed by atoms with E-state index in [0.717, 1.165) is 25.9 Å². The van der Waals surface area contributed by atoms with Crippen LogP contribution in [-0.2, 0) is 9.53 Å². The van der Waals surface area contributed by atoms with Crippen molar-refractivity contribution in [3.05, 3.63) is 0 Å². The standard InChI is InChI=1S/C14H25NO3/c1-11(2)12-10-14(13(16)17,6-9-18-12)15-7-4-3-5-8-15/h11-12H,3-10H2,1-2H3,(H,16,17). The predicted molar refractivity (Wildman–Crippen MR) is 69.6 cm³/mol. The Hall–Kier alpha value is -0.610. The first-order valence-electron chi connectivity index (χ1n) is 7.16. The lowest BCUT2D eigenvalue weighted by Crippen LogP contribution is -2.61. The van der Waals surface area contributed by atoms with Crippen molar-refractivity contribution in [3.63, 3.8) is 0 Å². The van der Waals surface area contributed by atoms with Gasteiger partial charge in [0.1, 0.15) is 5.54 Å². The molecule has 0 aromatic heterocycles. The number of ether oxygens (including phenoxy) is 1. The van der Waals surface area contributed by atoms with Crippen LogP contribution >= 0.6 is 0 Å². The molecule has 0 aliphatic carbocycles. The molecule has 2 aliphatic rings. The molecule has 0 amide bonds. The lowest BCUT2D eigenvalue weighted by Gasteiger charge is -2.47. The topological polar surface area (TPSA) is 49.8 Å². The monoisotopic (exact) mass is 255 g/mol. The smallest absolute Gasteiger partial charge is 0.324 e. The number of carbonyl (C=O) groups is 1. The zero-order valence-electron chi connectivity index (χ0n) is 11.5. The van der Waals surface area contributed by atoms with Gasteiger partial charge in [0.15, 0.2) is 0 Å². The number of likely N-dealkylation sites (tertiary alicyclic amines) is 1. The molecule has 4 nitrogen and oxygen atoms in total. The molecule has 2 heterocycles. The summed E-state index contributed by atoms with van der Waals surface area (Å²) in [6.45, 7) is 6.65. The maximum absolute atomic E-state index is 11.8. The van der Waals surface area contributed by atoms with Gasteiger partial charge < -0.3 is 9.84 Å². The number of piperidine rings is 1. The van der Waals surface area contributed by atoms with E-state index in [1.165, 1.54) is 6.42 Å². The average Bonchev–Trinajstić information content (AvgIpc) is 2.39. The van der Waals surface area contributed by atoms with Crippen LogP contribution < -0.4 is 0 Å². The number of rotatable bonds is 3. The molecule has 2 unspecified atom stereocenters. The van der Waals surface area contributed by atoms with Crippen LogP contribution in [0.3, 0.4) is 0 Å². The van der Waals surface area contributed by atoms with Crippen molar-refractivity contribution in [1.82, 2.24) is 4.90 Å². The van der Waals surface area contributed by atoms with E-state index in [9.17, 15) is 9.90 Å². The molecule has 2 fully saturated rings. The summed E-state index contributed by atoms with van der Waals surface area (Å²) in [5, 5.41) is 9.74. The van der Waals surface area contributed by atoms with Gasteiger partial charge in [-0.2, -0.15) is 0 Å². The zero-order chi connectivity index (χ0) is 13.2. The Bertz CT molecular complexity index is 299. The van der Waals surface area contributed by atoms with Crippen molar-refractivity contribution in [3.8, 4) is 0 Å². The largest absolute Gasteiger partial charge is 0.480 e. The van der Waals surface area contributed by atoms with Crippen LogP contribution in [0.15, 0.2) is 0 Å². The Morgan fingerprint density at radius 2 is 2.00 bits per heavy atom. The normalized spacial score (nSPS) is 34.7. The first-order chi connectivity index (χ1) is 8.56. The molecule has 0 aromatic carbocycles. The fourth-order valence-corrected chi connectivity index (χ4v) is 3.24. The Balaban J connectivity index is 2.17. The van der Waals surface area contributed by atoms with Gasteiger partial charge in [-0.15, -0.1) is 0 Å². The van der Waals surface area contributed by atoms with Crippen LogP contribution in [0, 0.1) is 5.92 Å². The molecule has 18 heavy (non-hydrogen) atoms. The summed E-state index contributed by atoms with van der Waals surface area (Å²) in [7, 11) is 0. The molecule has 4 heteroatoms. The van der Waals surface area contributed by atoms with Gasteiger partial charge in [0.05, 0.1) is 6.10 Å². The molecule has 0 spiro atoms. The molecule has 2 saturated heterocycles. The second kappa shape index (κ2) is 5.57. The Morgan fingerprint density at radius 1 is 1.33 bits per heavy atom. The lowest BCUT2D eigenvalue weighted by molar-refractivity contribution is -0.167. The molecule has 2 rings (SSSR count). The third-order valence-electron chi connectivity index (χ3n) is 4.49. The van der Waals surface area contributed by atoms with Crippen LogP contribution in [0.5, 0.6) is 0 Å². The van der Waals surface area contributed by atoms with Crippen molar-refractivity contribution in [1.29, 1.82) is 0 Å². The van der Waals surface area contributed by atoms with Gasteiger partial charge in [0.2, 0.25) is 0 Å². The summed E-state index contributed by atoms with van der Waals surface area (Å²) in [6.07, 6.45) is 4.84. The molecule has 0 saturated carbocycles. The Labute approximate surface area is 109 Å². The minimum atomic E-state index is -0.673. The quantitative estimate of drug-likeness (QED) is 0.839. The van der Waals surface area contributed by atoms with Crippen LogP contribution in [0.2, 0.25) is 0 Å². The fraction of sp³-hybridized carbons (Fsp3) is 0.929. The number of hydrogen-bond acceptors (Lipinski definition) is 3. The summed E-state index contributed by atoms with van der Waals surface area (Å²) in [4.78, 5) is 14.1. The van der Waals surface area contributed by atoms with Crippen LogP contribution in [0.4, 0.5) is 0 Å². The van der Waals surface area contributed by atoms with Crippen molar-refractivity contribution in [2.45, 2.75) is 57.6 Å². The first kappa shape index (κ1) is 13.8. The predicted octanol–water partition coefficient (Wildman–Crippen LogP) is 2.13. The van der Waals surface area contributed by atoms with Gasteiger partial charge in [-0.3, -0.25) is 9.69 Å². The minimum absolute atomic E-state index is 0.0803. The number of aliphatic carboxylic acids is 1. The van der Waals surface area contributed by atoms with E-state index in [2.05, 4.69) is 18.7 Å². The Kier molecular flexibility index (Phi) is 4.28. The van der Waals surface area contributed by atoms with Crippen LogP contribution in [-0.4, -0.2) is 47.3 Å². The molecule has 1 N–H and O–H groups in total. The molecule has 0 radical (unpaired) electrons. The van der Waals surface area contributed by atoms with Gasteiger partial charge >= 0.3 is 5.97 Å². The van der Waals surface area contributed by atoms with Gasteiger partial charge in [-0.1, -0.05) is 20.3 Å². The van der Waals surface area contributed by atoms with E-state index in [1.807, 2.05) is 0 Å². The lowest BCUT2D eigenvalue weighted by atomic mass is 9.81. The number of hydrogen-bond donors (Lipinski definition) is 1. The average molecular weight is 255 g/mol. The molecule has 2 atom stereocenters. The van der Waals surface area contributed by atoms with E-state index in [0.29, 0.717) is 25.4 Å². The minimum Gasteiger partial charge on any atom is -0.480 e. The summed E-state index contributed by atoms with van der Waals surface area (Å²) in [6, 6.07) is 0.